The molecule has 0 aliphatic carbocycles. The Bertz CT molecular complexity index is 1310. The van der Waals surface area contributed by atoms with Crippen LogP contribution in [0.15, 0.2) is 77.6 Å². The number of ether oxygens (including phenoxy) is 1. The van der Waals surface area contributed by atoms with Gasteiger partial charge in [0, 0.05) is 18.3 Å². The number of amides is 1. The second kappa shape index (κ2) is 9.06. The van der Waals surface area contributed by atoms with E-state index in [-0.39, 0.29) is 18.1 Å². The van der Waals surface area contributed by atoms with Crippen molar-refractivity contribution in [3.05, 3.63) is 88.7 Å². The molecule has 0 fully saturated rings. The lowest BCUT2D eigenvalue weighted by Gasteiger charge is -2.11. The summed E-state index contributed by atoms with van der Waals surface area (Å²) < 4.78 is 7.15. The largest absolute Gasteiger partial charge is 0.484 e. The van der Waals surface area contributed by atoms with E-state index >= 15 is 0 Å². The maximum Gasteiger partial charge on any atom is 0.262 e. The second-order valence-corrected chi connectivity index (χ2v) is 7.95. The van der Waals surface area contributed by atoms with Gasteiger partial charge in [0.25, 0.3) is 11.5 Å². The highest BCUT2D eigenvalue weighted by Crippen LogP contribution is 2.22. The van der Waals surface area contributed by atoms with E-state index < -0.39 is 0 Å². The number of nitrogens with one attached hydrogen (secondary N) is 1. The number of aromatic nitrogens is 2. The van der Waals surface area contributed by atoms with Crippen LogP contribution in [0.4, 0.5) is 5.69 Å². The highest BCUT2D eigenvalue weighted by molar-refractivity contribution is 5.91. The van der Waals surface area contributed by atoms with E-state index in [4.69, 9.17) is 4.74 Å². The number of carbonyl (C=O) groups is 1. The van der Waals surface area contributed by atoms with E-state index in [1.807, 2.05) is 54.6 Å². The minimum atomic E-state index is -0.232. The topological polar surface area (TPSA) is 73.2 Å². The summed E-state index contributed by atoms with van der Waals surface area (Å²) in [4.78, 5) is 29.5. The molecule has 1 N–H and O–H groups in total. The molecule has 4 aromatic rings. The summed E-state index contributed by atoms with van der Waals surface area (Å²) in [7, 11) is 1.71. The van der Waals surface area contributed by atoms with Gasteiger partial charge in [0.1, 0.15) is 11.6 Å². The zero-order chi connectivity index (χ0) is 22.7. The molecule has 0 spiro atoms. The Kier molecular flexibility index (Phi) is 6.03. The number of nitrogens with zero attached hydrogens (tertiary/aromatic N) is 2. The zero-order valence-corrected chi connectivity index (χ0v) is 18.3. The lowest BCUT2D eigenvalue weighted by atomic mass is 10.0. The van der Waals surface area contributed by atoms with Crippen LogP contribution in [0.1, 0.15) is 25.3 Å². The van der Waals surface area contributed by atoms with Gasteiger partial charge in [-0.05, 0) is 60.0 Å². The van der Waals surface area contributed by atoms with Gasteiger partial charge in [0.05, 0.1) is 10.9 Å². The number of anilines is 1. The van der Waals surface area contributed by atoms with Crippen molar-refractivity contribution in [2.24, 2.45) is 7.05 Å². The van der Waals surface area contributed by atoms with Crippen LogP contribution in [-0.4, -0.2) is 22.1 Å². The molecule has 0 unspecified atom stereocenters. The van der Waals surface area contributed by atoms with E-state index in [9.17, 15) is 9.59 Å². The molecule has 0 saturated carbocycles. The summed E-state index contributed by atoms with van der Waals surface area (Å²) >= 11 is 0. The van der Waals surface area contributed by atoms with Crippen molar-refractivity contribution < 1.29 is 9.53 Å². The monoisotopic (exact) mass is 427 g/mol. The smallest absolute Gasteiger partial charge is 0.262 e. The molecule has 0 aliphatic heterocycles. The minimum absolute atomic E-state index is 0.0935. The van der Waals surface area contributed by atoms with Crippen molar-refractivity contribution in [2.45, 2.75) is 19.8 Å². The molecule has 6 heteroatoms. The van der Waals surface area contributed by atoms with Crippen molar-refractivity contribution in [3.8, 4) is 17.1 Å². The van der Waals surface area contributed by atoms with Crippen LogP contribution in [0.5, 0.6) is 5.75 Å². The normalized spacial score (nSPS) is 11.0. The van der Waals surface area contributed by atoms with Crippen LogP contribution in [0.2, 0.25) is 0 Å². The second-order valence-electron chi connectivity index (χ2n) is 7.95. The molecule has 0 aliphatic rings. The third-order valence-corrected chi connectivity index (χ3v) is 5.33. The van der Waals surface area contributed by atoms with Gasteiger partial charge in [-0.25, -0.2) is 4.98 Å². The summed E-state index contributed by atoms with van der Waals surface area (Å²) in [6.07, 6.45) is 0. The van der Waals surface area contributed by atoms with Crippen LogP contribution in [-0.2, 0) is 11.8 Å². The van der Waals surface area contributed by atoms with Gasteiger partial charge in [-0.1, -0.05) is 38.1 Å². The number of para-hydroxylation sites is 1. The molecule has 3 aromatic carbocycles. The number of rotatable bonds is 6. The van der Waals surface area contributed by atoms with Crippen LogP contribution < -0.4 is 15.6 Å². The van der Waals surface area contributed by atoms with E-state index in [0.29, 0.717) is 28.4 Å². The van der Waals surface area contributed by atoms with Gasteiger partial charge in [-0.3, -0.25) is 14.2 Å². The van der Waals surface area contributed by atoms with E-state index in [2.05, 4.69) is 24.1 Å². The molecule has 1 aromatic heterocycles. The van der Waals surface area contributed by atoms with Crippen LogP contribution in [0.3, 0.4) is 0 Å². The molecule has 4 rings (SSSR count). The Morgan fingerprint density at radius 3 is 2.38 bits per heavy atom. The zero-order valence-electron chi connectivity index (χ0n) is 18.3. The van der Waals surface area contributed by atoms with E-state index in [1.165, 1.54) is 10.1 Å². The van der Waals surface area contributed by atoms with Gasteiger partial charge in [-0.15, -0.1) is 0 Å². The van der Waals surface area contributed by atoms with Crippen LogP contribution in [0, 0.1) is 0 Å². The average Bonchev–Trinajstić information content (AvgIpc) is 2.81. The third kappa shape index (κ3) is 4.54. The summed E-state index contributed by atoms with van der Waals surface area (Å²) in [5, 5.41) is 3.42. The molecular formula is C26H25N3O3. The predicted molar refractivity (Wildman–Crippen MR) is 127 cm³/mol. The van der Waals surface area contributed by atoms with Gasteiger partial charge in [0.2, 0.25) is 0 Å². The molecule has 0 bridgehead atoms. The maximum atomic E-state index is 12.6. The molecule has 32 heavy (non-hydrogen) atoms. The fourth-order valence-electron chi connectivity index (χ4n) is 3.47. The van der Waals surface area contributed by atoms with Crippen molar-refractivity contribution in [3.63, 3.8) is 0 Å². The fourth-order valence-corrected chi connectivity index (χ4v) is 3.47. The van der Waals surface area contributed by atoms with E-state index in [0.717, 1.165) is 11.3 Å². The first-order valence-electron chi connectivity index (χ1n) is 10.5. The molecule has 1 amide bonds. The maximum absolute atomic E-state index is 12.6. The van der Waals surface area contributed by atoms with Crippen molar-refractivity contribution in [1.82, 2.24) is 9.55 Å². The van der Waals surface area contributed by atoms with Crippen molar-refractivity contribution in [1.29, 1.82) is 0 Å². The van der Waals surface area contributed by atoms with E-state index in [1.54, 1.807) is 25.2 Å². The molecule has 6 nitrogen and oxygen atoms in total. The standard InChI is InChI=1S/C26H25N3O3/c1-17(2)18-8-12-20(13-9-18)27-24(30)16-32-21-14-10-19(11-15-21)25-28-23-7-5-4-6-22(23)26(31)29(25)3/h4-15,17H,16H2,1-3H3,(H,27,30). The SMILES string of the molecule is CC(C)c1ccc(NC(=O)COc2ccc(-c3nc4ccccc4c(=O)n3C)cc2)cc1. The molecule has 0 radical (unpaired) electrons. The molecule has 1 heterocycles. The lowest BCUT2D eigenvalue weighted by Crippen LogP contribution is -2.20. The lowest BCUT2D eigenvalue weighted by molar-refractivity contribution is -0.118. The number of carbonyl (C=O) groups excluding carboxylic acids is 1. The van der Waals surface area contributed by atoms with Gasteiger partial charge in [0.15, 0.2) is 6.61 Å². The fraction of sp³-hybridized carbons (Fsp3) is 0.192. The highest BCUT2D eigenvalue weighted by Gasteiger charge is 2.10. The summed E-state index contributed by atoms with van der Waals surface area (Å²) in [6.45, 7) is 4.16. The molecular weight excluding hydrogens is 402 g/mol. The van der Waals surface area contributed by atoms with Crippen LogP contribution >= 0.6 is 0 Å². The molecule has 0 atom stereocenters. The quantitative estimate of drug-likeness (QED) is 0.482. The minimum Gasteiger partial charge on any atom is -0.484 e. The van der Waals surface area contributed by atoms with Crippen molar-refractivity contribution in [2.75, 3.05) is 11.9 Å². The Morgan fingerprint density at radius 2 is 1.69 bits per heavy atom. The first-order valence-corrected chi connectivity index (χ1v) is 10.5. The summed E-state index contributed by atoms with van der Waals surface area (Å²) in [5.41, 5.74) is 3.31. The Labute approximate surface area is 186 Å². The first-order chi connectivity index (χ1) is 15.4. The number of hydrogen-bond donors (Lipinski definition) is 1. The third-order valence-electron chi connectivity index (χ3n) is 5.33. The summed E-state index contributed by atoms with van der Waals surface area (Å²) in [5.74, 6) is 1.34. The number of hydrogen-bond acceptors (Lipinski definition) is 4. The average molecular weight is 428 g/mol. The number of fused-ring (bicyclic) bond motifs is 1. The van der Waals surface area contributed by atoms with Crippen molar-refractivity contribution >= 4 is 22.5 Å². The van der Waals surface area contributed by atoms with Gasteiger partial charge >= 0.3 is 0 Å². The first kappa shape index (κ1) is 21.3. The number of benzene rings is 3. The Hall–Kier alpha value is -3.93. The van der Waals surface area contributed by atoms with Gasteiger partial charge in [-0.2, -0.15) is 0 Å². The molecule has 162 valence electrons. The summed E-state index contributed by atoms with van der Waals surface area (Å²) in [6, 6.07) is 22.3. The predicted octanol–water partition coefficient (Wildman–Crippen LogP) is 4.74. The molecule has 0 saturated heterocycles. The van der Waals surface area contributed by atoms with Crippen LogP contribution in [0.25, 0.3) is 22.3 Å². The highest BCUT2D eigenvalue weighted by atomic mass is 16.5. The van der Waals surface area contributed by atoms with Gasteiger partial charge < -0.3 is 10.1 Å². The Balaban J connectivity index is 1.42. The Morgan fingerprint density at radius 1 is 1.00 bits per heavy atom.